The first-order valence-electron chi connectivity index (χ1n) is 12.3. The number of carbonyl (C=O) groups is 1. The van der Waals surface area contributed by atoms with Crippen LogP contribution in [0, 0.1) is 7.05 Å². The van der Waals surface area contributed by atoms with Crippen molar-refractivity contribution < 1.29 is 9.53 Å². The summed E-state index contributed by atoms with van der Waals surface area (Å²) in [7, 11) is 3.94. The lowest BCUT2D eigenvalue weighted by molar-refractivity contribution is -0.119. The zero-order chi connectivity index (χ0) is 23.7. The number of nitrogens with zero attached hydrogens (tertiary/aromatic N) is 3. The van der Waals surface area contributed by atoms with E-state index >= 15 is 0 Å². The third-order valence-electron chi connectivity index (χ3n) is 7.21. The van der Waals surface area contributed by atoms with Gasteiger partial charge in [0.2, 0.25) is 5.91 Å². The molecular formula is C28H34N3O2S. The van der Waals surface area contributed by atoms with Gasteiger partial charge < -0.3 is 14.5 Å². The number of ether oxygens (including phenoxy) is 1. The van der Waals surface area contributed by atoms with Crippen LogP contribution in [-0.2, 0) is 10.2 Å². The van der Waals surface area contributed by atoms with Gasteiger partial charge in [-0.05, 0) is 54.6 Å². The fourth-order valence-electron chi connectivity index (χ4n) is 5.19. The van der Waals surface area contributed by atoms with Crippen LogP contribution >= 0.6 is 11.3 Å². The average Bonchev–Trinajstić information content (AvgIpc) is 3.32. The third kappa shape index (κ3) is 4.66. The maximum atomic E-state index is 12.3. The zero-order valence-corrected chi connectivity index (χ0v) is 21.1. The fourth-order valence-corrected chi connectivity index (χ4v) is 6.00. The molecule has 0 saturated carbocycles. The summed E-state index contributed by atoms with van der Waals surface area (Å²) in [6.07, 6.45) is 2.63. The number of anilines is 2. The molecule has 2 aromatic carbocycles. The average molecular weight is 477 g/mol. The molecule has 5 rings (SSSR count). The number of rotatable bonds is 7. The van der Waals surface area contributed by atoms with E-state index in [1.807, 2.05) is 23.5 Å². The number of thiophene rings is 1. The molecule has 0 N–H and O–H groups in total. The third-order valence-corrected chi connectivity index (χ3v) is 8.09. The Kier molecular flexibility index (Phi) is 6.54. The van der Waals surface area contributed by atoms with Crippen LogP contribution in [0.2, 0.25) is 0 Å². The molecule has 5 nitrogen and oxygen atoms in total. The van der Waals surface area contributed by atoms with E-state index in [0.717, 1.165) is 62.6 Å². The van der Waals surface area contributed by atoms with Crippen molar-refractivity contribution in [3.63, 3.8) is 0 Å². The summed E-state index contributed by atoms with van der Waals surface area (Å²) in [6.45, 7) is 10.4. The molecule has 0 atom stereocenters. The van der Waals surface area contributed by atoms with E-state index in [2.05, 4.69) is 66.4 Å². The molecule has 1 amide bonds. The van der Waals surface area contributed by atoms with E-state index in [4.69, 9.17) is 4.74 Å². The number of hydrogen-bond donors (Lipinski definition) is 0. The van der Waals surface area contributed by atoms with Crippen LogP contribution in [0.1, 0.15) is 38.7 Å². The normalized spacial score (nSPS) is 18.4. The summed E-state index contributed by atoms with van der Waals surface area (Å²) in [5.41, 5.74) is 3.24. The van der Waals surface area contributed by atoms with Gasteiger partial charge in [0.15, 0.2) is 0 Å². The van der Waals surface area contributed by atoms with Crippen LogP contribution in [-0.4, -0.2) is 50.1 Å². The smallest absolute Gasteiger partial charge is 0.227 e. The molecule has 1 aromatic heterocycles. The van der Waals surface area contributed by atoms with Gasteiger partial charge in [0, 0.05) is 66.9 Å². The van der Waals surface area contributed by atoms with E-state index < -0.39 is 0 Å². The molecule has 2 aliphatic rings. The maximum Gasteiger partial charge on any atom is 0.227 e. The molecule has 1 radical (unpaired) electrons. The van der Waals surface area contributed by atoms with E-state index in [9.17, 15) is 4.79 Å². The van der Waals surface area contributed by atoms with Crippen molar-refractivity contribution in [2.24, 2.45) is 0 Å². The highest BCUT2D eigenvalue weighted by molar-refractivity contribution is 7.17. The van der Waals surface area contributed by atoms with Crippen molar-refractivity contribution in [3.8, 4) is 5.75 Å². The Labute approximate surface area is 206 Å². The van der Waals surface area contributed by atoms with Crippen LogP contribution in [0.3, 0.4) is 0 Å². The molecule has 0 bridgehead atoms. The Balaban J connectivity index is 1.07. The fraction of sp³-hybridized carbons (Fsp3) is 0.429. The highest BCUT2D eigenvalue weighted by Gasteiger charge is 2.35. The van der Waals surface area contributed by atoms with Crippen molar-refractivity contribution in [3.05, 3.63) is 60.5 Å². The van der Waals surface area contributed by atoms with Gasteiger partial charge in [-0.15, -0.1) is 11.3 Å². The lowest BCUT2D eigenvalue weighted by Crippen LogP contribution is -2.46. The van der Waals surface area contributed by atoms with Crippen LogP contribution < -0.4 is 14.5 Å². The number of piperazine rings is 1. The number of amides is 1. The van der Waals surface area contributed by atoms with Gasteiger partial charge in [-0.2, -0.15) is 0 Å². The Hall–Kier alpha value is -2.57. The van der Waals surface area contributed by atoms with Gasteiger partial charge >= 0.3 is 0 Å². The first-order chi connectivity index (χ1) is 16.4. The highest BCUT2D eigenvalue weighted by Crippen LogP contribution is 2.41. The van der Waals surface area contributed by atoms with Crippen molar-refractivity contribution in [1.82, 2.24) is 4.90 Å². The van der Waals surface area contributed by atoms with Gasteiger partial charge in [0.1, 0.15) is 5.75 Å². The van der Waals surface area contributed by atoms with Crippen molar-refractivity contribution in [2.75, 3.05) is 49.1 Å². The van der Waals surface area contributed by atoms with Crippen molar-refractivity contribution in [2.45, 2.75) is 38.5 Å². The van der Waals surface area contributed by atoms with E-state index in [1.54, 1.807) is 0 Å². The molecule has 3 heterocycles. The van der Waals surface area contributed by atoms with Crippen LogP contribution in [0.4, 0.5) is 11.4 Å². The lowest BCUT2D eigenvalue weighted by atomic mass is 9.77. The first kappa shape index (κ1) is 23.2. The van der Waals surface area contributed by atoms with Crippen LogP contribution in [0.5, 0.6) is 5.75 Å². The molecule has 3 aromatic rings. The van der Waals surface area contributed by atoms with E-state index in [-0.39, 0.29) is 11.3 Å². The molecule has 34 heavy (non-hydrogen) atoms. The molecular weight excluding hydrogens is 442 g/mol. The monoisotopic (exact) mass is 476 g/mol. The summed E-state index contributed by atoms with van der Waals surface area (Å²) in [6, 6.07) is 15.0. The van der Waals surface area contributed by atoms with E-state index in [1.165, 1.54) is 20.7 Å². The Morgan fingerprint density at radius 2 is 1.85 bits per heavy atom. The summed E-state index contributed by atoms with van der Waals surface area (Å²) in [4.78, 5) is 18.9. The Bertz CT molecular complexity index is 1160. The van der Waals surface area contributed by atoms with E-state index in [0.29, 0.717) is 13.0 Å². The molecule has 0 aliphatic carbocycles. The van der Waals surface area contributed by atoms with Crippen LogP contribution in [0.15, 0.2) is 47.8 Å². The molecule has 1 fully saturated rings. The topological polar surface area (TPSA) is 36.0 Å². The highest BCUT2D eigenvalue weighted by atomic mass is 32.1. The summed E-state index contributed by atoms with van der Waals surface area (Å²) >= 11 is 1.82. The molecule has 2 aliphatic heterocycles. The molecule has 6 heteroatoms. The number of unbranched alkanes of at least 4 members (excludes halogenated alkanes) is 1. The molecule has 0 spiro atoms. The lowest BCUT2D eigenvalue weighted by Gasteiger charge is -2.37. The first-order valence-corrected chi connectivity index (χ1v) is 13.1. The number of hydrogen-bond acceptors (Lipinski definition) is 5. The summed E-state index contributed by atoms with van der Waals surface area (Å²) in [5, 5.41) is 3.57. The quantitative estimate of drug-likeness (QED) is 0.411. The van der Waals surface area contributed by atoms with Gasteiger partial charge in [0.25, 0.3) is 0 Å². The van der Waals surface area contributed by atoms with Gasteiger partial charge in [-0.25, -0.2) is 0 Å². The predicted octanol–water partition coefficient (Wildman–Crippen LogP) is 5.69. The molecule has 179 valence electrons. The van der Waals surface area contributed by atoms with Crippen molar-refractivity contribution in [1.29, 1.82) is 0 Å². The second kappa shape index (κ2) is 9.59. The van der Waals surface area contributed by atoms with Gasteiger partial charge in [-0.3, -0.25) is 9.69 Å². The SMILES string of the molecule is [CH2]N1C(=O)CC(C)(C)c2ccc(OCCCCN3CCN(c4cccc5sccc45)CC3)cc21. The largest absolute Gasteiger partial charge is 0.494 e. The standard InChI is InChI=1S/C28H34N3O2S/c1-28(2)20-27(32)29(3)25-19-21(9-10-23(25)28)33-17-5-4-12-30-13-15-31(16-14-30)24-7-6-8-26-22(24)11-18-34-26/h6-11,18-19H,3-5,12-17,20H2,1-2H3. The number of benzene rings is 2. The van der Waals surface area contributed by atoms with Gasteiger partial charge in [0.05, 0.1) is 12.3 Å². The minimum atomic E-state index is -0.167. The second-order valence-electron chi connectivity index (χ2n) is 10.1. The second-order valence-corrected chi connectivity index (χ2v) is 11.0. The number of fused-ring (bicyclic) bond motifs is 2. The zero-order valence-electron chi connectivity index (χ0n) is 20.3. The Morgan fingerprint density at radius 1 is 1.03 bits per heavy atom. The molecule has 1 saturated heterocycles. The molecule has 0 unspecified atom stereocenters. The number of carbonyl (C=O) groups excluding carboxylic acids is 1. The van der Waals surface area contributed by atoms with Gasteiger partial charge in [-0.1, -0.05) is 26.0 Å². The minimum absolute atomic E-state index is 0.0572. The van der Waals surface area contributed by atoms with Crippen LogP contribution in [0.25, 0.3) is 10.1 Å². The maximum absolute atomic E-state index is 12.3. The van der Waals surface area contributed by atoms with Crippen molar-refractivity contribution >= 4 is 38.7 Å². The predicted molar refractivity (Wildman–Crippen MR) is 142 cm³/mol. The minimum Gasteiger partial charge on any atom is -0.494 e. The summed E-state index contributed by atoms with van der Waals surface area (Å²) < 4.78 is 7.40. The summed E-state index contributed by atoms with van der Waals surface area (Å²) in [5.74, 6) is 0.871. The Morgan fingerprint density at radius 3 is 2.68 bits per heavy atom.